The molecule has 2 N–H and O–H groups in total. The average Bonchev–Trinajstić information content (AvgIpc) is 2.74. The number of nitrogens with one attached hydrogen (secondary N) is 2. The number of para-hydroxylation sites is 1. The van der Waals surface area contributed by atoms with Gasteiger partial charge < -0.3 is 15.0 Å². The monoisotopic (exact) mass is 423 g/mol. The first-order chi connectivity index (χ1) is 14.5. The molecular formula is C22H21N3O4S. The van der Waals surface area contributed by atoms with Crippen molar-refractivity contribution < 1.29 is 14.3 Å². The molecule has 0 aliphatic carbocycles. The highest BCUT2D eigenvalue weighted by Gasteiger charge is 2.20. The Morgan fingerprint density at radius 3 is 2.57 bits per heavy atom. The number of amides is 1. The SMILES string of the molecule is CCOC(=O)c1ccccc1NC(=O)C(C)Sc1nc(-c2ccccc2)cc(=O)[nH]1. The van der Waals surface area contributed by atoms with Gasteiger partial charge in [-0.1, -0.05) is 54.2 Å². The molecule has 0 aliphatic heterocycles. The van der Waals surface area contributed by atoms with Crippen molar-refractivity contribution in [2.24, 2.45) is 0 Å². The van der Waals surface area contributed by atoms with Crippen LogP contribution in [0.3, 0.4) is 0 Å². The van der Waals surface area contributed by atoms with Crippen LogP contribution in [0.25, 0.3) is 11.3 Å². The van der Waals surface area contributed by atoms with Gasteiger partial charge in [-0.15, -0.1) is 0 Å². The summed E-state index contributed by atoms with van der Waals surface area (Å²) in [4.78, 5) is 43.9. The smallest absolute Gasteiger partial charge is 0.340 e. The van der Waals surface area contributed by atoms with Gasteiger partial charge in [-0.25, -0.2) is 9.78 Å². The maximum absolute atomic E-state index is 12.7. The van der Waals surface area contributed by atoms with Gasteiger partial charge in [0.15, 0.2) is 5.16 Å². The van der Waals surface area contributed by atoms with E-state index in [1.165, 1.54) is 6.07 Å². The summed E-state index contributed by atoms with van der Waals surface area (Å²) < 4.78 is 5.03. The number of thioether (sulfide) groups is 1. The molecule has 0 saturated heterocycles. The van der Waals surface area contributed by atoms with Crippen LogP contribution >= 0.6 is 11.8 Å². The van der Waals surface area contributed by atoms with Gasteiger partial charge in [-0.05, 0) is 26.0 Å². The summed E-state index contributed by atoms with van der Waals surface area (Å²) in [6.45, 7) is 3.65. The zero-order valence-corrected chi connectivity index (χ0v) is 17.4. The number of benzene rings is 2. The molecule has 8 heteroatoms. The summed E-state index contributed by atoms with van der Waals surface area (Å²) in [7, 11) is 0. The summed E-state index contributed by atoms with van der Waals surface area (Å²) in [5, 5.41) is 2.51. The van der Waals surface area contributed by atoms with Gasteiger partial charge in [0.2, 0.25) is 5.91 Å². The lowest BCUT2D eigenvalue weighted by Crippen LogP contribution is -2.24. The van der Waals surface area contributed by atoms with E-state index in [1.807, 2.05) is 30.3 Å². The number of nitrogens with zero attached hydrogens (tertiary/aromatic N) is 1. The number of hydrogen-bond acceptors (Lipinski definition) is 6. The van der Waals surface area contributed by atoms with Crippen molar-refractivity contribution in [3.05, 3.63) is 76.6 Å². The van der Waals surface area contributed by atoms with Crippen LogP contribution in [0.15, 0.2) is 70.6 Å². The summed E-state index contributed by atoms with van der Waals surface area (Å²) in [5.74, 6) is -0.834. The first kappa shape index (κ1) is 21.3. The molecule has 154 valence electrons. The summed E-state index contributed by atoms with van der Waals surface area (Å²) >= 11 is 1.12. The number of H-pyrrole nitrogens is 1. The molecule has 0 fully saturated rings. The first-order valence-electron chi connectivity index (χ1n) is 9.38. The first-order valence-corrected chi connectivity index (χ1v) is 10.3. The molecule has 30 heavy (non-hydrogen) atoms. The van der Waals surface area contributed by atoms with Crippen LogP contribution in [0.5, 0.6) is 0 Å². The number of aromatic nitrogens is 2. The number of ether oxygens (including phenoxy) is 1. The third-order valence-corrected chi connectivity index (χ3v) is 5.11. The second-order valence-electron chi connectivity index (χ2n) is 6.32. The topological polar surface area (TPSA) is 101 Å². The molecule has 0 bridgehead atoms. The zero-order valence-electron chi connectivity index (χ0n) is 16.5. The lowest BCUT2D eigenvalue weighted by Gasteiger charge is -2.14. The van der Waals surface area contributed by atoms with Gasteiger partial charge in [0, 0.05) is 11.6 Å². The predicted octanol–water partition coefficient (Wildman–Crippen LogP) is 3.73. The van der Waals surface area contributed by atoms with Crippen LogP contribution < -0.4 is 10.9 Å². The zero-order chi connectivity index (χ0) is 21.5. The van der Waals surface area contributed by atoms with E-state index < -0.39 is 11.2 Å². The molecule has 7 nitrogen and oxygen atoms in total. The molecule has 1 heterocycles. The molecule has 2 aromatic carbocycles. The largest absolute Gasteiger partial charge is 0.462 e. The maximum atomic E-state index is 12.7. The Kier molecular flexibility index (Phi) is 7.03. The Balaban J connectivity index is 1.75. The number of aromatic amines is 1. The van der Waals surface area contributed by atoms with Gasteiger partial charge in [-0.2, -0.15) is 0 Å². The second kappa shape index (κ2) is 9.89. The third-order valence-electron chi connectivity index (χ3n) is 4.13. The molecular weight excluding hydrogens is 402 g/mol. The quantitative estimate of drug-likeness (QED) is 0.341. The molecule has 3 rings (SSSR count). The fourth-order valence-corrected chi connectivity index (χ4v) is 3.49. The minimum absolute atomic E-state index is 0.240. The van der Waals surface area contributed by atoms with Crippen molar-refractivity contribution in [2.45, 2.75) is 24.3 Å². The van der Waals surface area contributed by atoms with E-state index in [4.69, 9.17) is 4.74 Å². The van der Waals surface area contributed by atoms with E-state index in [2.05, 4.69) is 15.3 Å². The van der Waals surface area contributed by atoms with E-state index >= 15 is 0 Å². The minimum atomic E-state index is -0.575. The van der Waals surface area contributed by atoms with Crippen molar-refractivity contribution in [1.29, 1.82) is 0 Å². The molecule has 3 aromatic rings. The van der Waals surface area contributed by atoms with E-state index in [0.29, 0.717) is 16.5 Å². The lowest BCUT2D eigenvalue weighted by molar-refractivity contribution is -0.115. The van der Waals surface area contributed by atoms with Gasteiger partial charge in [0.05, 0.1) is 28.8 Å². The van der Waals surface area contributed by atoms with Gasteiger partial charge in [-0.3, -0.25) is 9.59 Å². The van der Waals surface area contributed by atoms with Gasteiger partial charge in [0.25, 0.3) is 5.56 Å². The summed E-state index contributed by atoms with van der Waals surface area (Å²) in [6.07, 6.45) is 0. The number of esters is 1. The Labute approximate surface area is 177 Å². The van der Waals surface area contributed by atoms with Crippen LogP contribution in [0.2, 0.25) is 0 Å². The summed E-state index contributed by atoms with van der Waals surface area (Å²) in [5.41, 5.74) is 1.69. The third kappa shape index (κ3) is 5.36. The molecule has 1 amide bonds. The molecule has 1 atom stereocenters. The Morgan fingerprint density at radius 2 is 1.83 bits per heavy atom. The fourth-order valence-electron chi connectivity index (χ4n) is 2.68. The van der Waals surface area contributed by atoms with E-state index in [0.717, 1.165) is 17.3 Å². The summed E-state index contributed by atoms with van der Waals surface area (Å²) in [6, 6.07) is 17.4. The molecule has 0 saturated carbocycles. The minimum Gasteiger partial charge on any atom is -0.462 e. The van der Waals surface area contributed by atoms with Gasteiger partial charge >= 0.3 is 5.97 Å². The molecule has 1 unspecified atom stereocenters. The van der Waals surface area contributed by atoms with Crippen molar-refractivity contribution in [2.75, 3.05) is 11.9 Å². The van der Waals surface area contributed by atoms with E-state index in [1.54, 1.807) is 38.1 Å². The number of hydrogen-bond donors (Lipinski definition) is 2. The highest BCUT2D eigenvalue weighted by molar-refractivity contribution is 8.00. The van der Waals surface area contributed by atoms with Crippen molar-refractivity contribution in [1.82, 2.24) is 9.97 Å². The highest BCUT2D eigenvalue weighted by atomic mass is 32.2. The van der Waals surface area contributed by atoms with Gasteiger partial charge in [0.1, 0.15) is 0 Å². The van der Waals surface area contributed by atoms with Crippen LogP contribution in [-0.2, 0) is 9.53 Å². The van der Waals surface area contributed by atoms with Crippen LogP contribution in [-0.4, -0.2) is 33.7 Å². The predicted molar refractivity (Wildman–Crippen MR) is 117 cm³/mol. The Hall–Kier alpha value is -3.39. The number of carbonyl (C=O) groups excluding carboxylic acids is 2. The van der Waals surface area contributed by atoms with Crippen molar-refractivity contribution in [3.63, 3.8) is 0 Å². The molecule has 0 radical (unpaired) electrons. The van der Waals surface area contributed by atoms with Crippen LogP contribution in [0, 0.1) is 0 Å². The van der Waals surface area contributed by atoms with E-state index in [9.17, 15) is 14.4 Å². The lowest BCUT2D eigenvalue weighted by atomic mass is 10.1. The Bertz CT molecular complexity index is 1100. The molecule has 0 spiro atoms. The van der Waals surface area contributed by atoms with Crippen molar-refractivity contribution >= 4 is 29.3 Å². The number of anilines is 1. The van der Waals surface area contributed by atoms with Crippen LogP contribution in [0.1, 0.15) is 24.2 Å². The maximum Gasteiger partial charge on any atom is 0.340 e. The average molecular weight is 423 g/mol. The highest BCUT2D eigenvalue weighted by Crippen LogP contribution is 2.24. The molecule has 0 aliphatic rings. The van der Waals surface area contributed by atoms with Crippen molar-refractivity contribution in [3.8, 4) is 11.3 Å². The van der Waals surface area contributed by atoms with Crippen LogP contribution in [0.4, 0.5) is 5.69 Å². The Morgan fingerprint density at radius 1 is 1.13 bits per heavy atom. The fraction of sp³-hybridized carbons (Fsp3) is 0.182. The normalized spacial score (nSPS) is 11.5. The van der Waals surface area contributed by atoms with E-state index in [-0.39, 0.29) is 23.6 Å². The second-order valence-corrected chi connectivity index (χ2v) is 7.65. The number of carbonyl (C=O) groups is 2. The standard InChI is InChI=1S/C22H21N3O4S/c1-3-29-21(28)16-11-7-8-12-17(16)23-20(27)14(2)30-22-24-18(13-19(26)25-22)15-9-5-4-6-10-15/h4-14H,3H2,1-2H3,(H,23,27)(H,24,25,26). The number of rotatable bonds is 7. The molecule has 1 aromatic heterocycles.